The number of hydrogen-bond donors (Lipinski definition) is 1. The van der Waals surface area contributed by atoms with Crippen LogP contribution in [0.3, 0.4) is 0 Å². The molecule has 0 amide bonds. The molecule has 1 nitrogen and oxygen atoms in total. The fraction of sp³-hybridized carbons (Fsp3) is 0.143. The molecule has 2 rings (SSSR count). The number of halogens is 4. The molecule has 0 aromatic heterocycles. The van der Waals surface area contributed by atoms with Crippen LogP contribution in [0.25, 0.3) is 0 Å². The van der Waals surface area contributed by atoms with Crippen LogP contribution in [0.2, 0.25) is 5.02 Å². The Balaban J connectivity index is 2.49. The van der Waals surface area contributed by atoms with Crippen molar-refractivity contribution in [2.24, 2.45) is 5.73 Å². The number of nitrogens with two attached hydrogens (primary N) is 1. The molecule has 5 heteroatoms. The molecule has 0 fully saturated rings. The molecule has 2 aromatic rings. The lowest BCUT2D eigenvalue weighted by molar-refractivity contribution is 0.487. The van der Waals surface area contributed by atoms with Gasteiger partial charge in [0.25, 0.3) is 0 Å². The van der Waals surface area contributed by atoms with Gasteiger partial charge in [0.1, 0.15) is 5.82 Å². The van der Waals surface area contributed by atoms with Gasteiger partial charge in [0.15, 0.2) is 11.6 Å². The van der Waals surface area contributed by atoms with Gasteiger partial charge in [-0.05, 0) is 30.2 Å². The maximum absolute atomic E-state index is 13.6. The first-order chi connectivity index (χ1) is 8.90. The Labute approximate surface area is 113 Å². The monoisotopic (exact) mass is 285 g/mol. The van der Waals surface area contributed by atoms with Gasteiger partial charge in [-0.15, -0.1) is 0 Å². The van der Waals surface area contributed by atoms with Crippen molar-refractivity contribution in [3.63, 3.8) is 0 Å². The predicted octanol–water partition coefficient (Wildman–Crippen LogP) is 4.11. The third-order valence-corrected chi connectivity index (χ3v) is 3.19. The highest BCUT2D eigenvalue weighted by atomic mass is 35.5. The minimum absolute atomic E-state index is 0.135. The quantitative estimate of drug-likeness (QED) is 0.826. The Morgan fingerprint density at radius 1 is 0.947 bits per heavy atom. The van der Waals surface area contributed by atoms with Gasteiger partial charge in [0.2, 0.25) is 0 Å². The fourth-order valence-corrected chi connectivity index (χ4v) is 2.18. The minimum Gasteiger partial charge on any atom is -0.320 e. The van der Waals surface area contributed by atoms with E-state index in [-0.39, 0.29) is 5.56 Å². The molecule has 100 valence electrons. The number of rotatable bonds is 2. The Bertz CT molecular complexity index is 628. The molecule has 0 aliphatic carbocycles. The van der Waals surface area contributed by atoms with E-state index in [1.807, 2.05) is 6.92 Å². The Morgan fingerprint density at radius 2 is 1.58 bits per heavy atom. The highest BCUT2D eigenvalue weighted by Gasteiger charge is 2.19. The van der Waals surface area contributed by atoms with E-state index in [4.69, 9.17) is 17.3 Å². The van der Waals surface area contributed by atoms with Gasteiger partial charge in [-0.1, -0.05) is 23.7 Å². The van der Waals surface area contributed by atoms with E-state index in [2.05, 4.69) is 0 Å². The van der Waals surface area contributed by atoms with Crippen molar-refractivity contribution in [1.29, 1.82) is 0 Å². The lowest BCUT2D eigenvalue weighted by Gasteiger charge is -2.15. The average molecular weight is 286 g/mol. The smallest absolute Gasteiger partial charge is 0.161 e. The van der Waals surface area contributed by atoms with Crippen molar-refractivity contribution in [3.05, 3.63) is 69.5 Å². The van der Waals surface area contributed by atoms with E-state index < -0.39 is 23.5 Å². The van der Waals surface area contributed by atoms with E-state index in [1.165, 1.54) is 0 Å². The van der Waals surface area contributed by atoms with Gasteiger partial charge in [-0.25, -0.2) is 13.2 Å². The first-order valence-corrected chi connectivity index (χ1v) is 5.94. The number of aryl methyl sites for hydroxylation is 1. The van der Waals surface area contributed by atoms with Gasteiger partial charge in [0.05, 0.1) is 6.04 Å². The summed E-state index contributed by atoms with van der Waals surface area (Å²) in [5, 5.41) is 0.358. The van der Waals surface area contributed by atoms with Crippen LogP contribution >= 0.6 is 11.6 Å². The molecule has 2 aromatic carbocycles. The van der Waals surface area contributed by atoms with Gasteiger partial charge in [0, 0.05) is 16.7 Å². The first-order valence-electron chi connectivity index (χ1n) is 5.56. The molecule has 1 atom stereocenters. The molecule has 0 heterocycles. The zero-order chi connectivity index (χ0) is 14.2. The van der Waals surface area contributed by atoms with Crippen LogP contribution in [0.5, 0.6) is 0 Å². The fourth-order valence-electron chi connectivity index (χ4n) is 1.83. The standard InChI is InChI=1S/C14H11ClF3N/c1-7-2-3-8(10(15)4-7)14(19)9-5-12(17)13(18)6-11(9)16/h2-6,14H,19H2,1H3. The number of benzene rings is 2. The van der Waals surface area contributed by atoms with E-state index in [0.29, 0.717) is 16.7 Å². The van der Waals surface area contributed by atoms with Crippen LogP contribution in [0.15, 0.2) is 30.3 Å². The summed E-state index contributed by atoms with van der Waals surface area (Å²) in [5.41, 5.74) is 7.12. The highest BCUT2D eigenvalue weighted by molar-refractivity contribution is 6.31. The summed E-state index contributed by atoms with van der Waals surface area (Å²) in [5.74, 6) is -3.29. The summed E-state index contributed by atoms with van der Waals surface area (Å²) < 4.78 is 39.7. The van der Waals surface area contributed by atoms with E-state index in [1.54, 1.807) is 18.2 Å². The molecule has 2 N–H and O–H groups in total. The van der Waals surface area contributed by atoms with Gasteiger partial charge in [-0.3, -0.25) is 0 Å². The Morgan fingerprint density at radius 3 is 2.21 bits per heavy atom. The molecule has 0 aliphatic heterocycles. The maximum Gasteiger partial charge on any atom is 0.161 e. The lowest BCUT2D eigenvalue weighted by Crippen LogP contribution is -2.15. The van der Waals surface area contributed by atoms with Crippen LogP contribution in [0, 0.1) is 24.4 Å². The topological polar surface area (TPSA) is 26.0 Å². The highest BCUT2D eigenvalue weighted by Crippen LogP contribution is 2.29. The van der Waals surface area contributed by atoms with Crippen molar-refractivity contribution >= 4 is 11.6 Å². The summed E-state index contributed by atoms with van der Waals surface area (Å²) in [4.78, 5) is 0. The first kappa shape index (κ1) is 13.9. The summed E-state index contributed by atoms with van der Waals surface area (Å²) in [6.45, 7) is 1.85. The maximum atomic E-state index is 13.6. The molecular formula is C14H11ClF3N. The lowest BCUT2D eigenvalue weighted by atomic mass is 9.98. The SMILES string of the molecule is Cc1ccc(C(N)c2cc(F)c(F)cc2F)c(Cl)c1. The molecule has 0 saturated heterocycles. The third-order valence-electron chi connectivity index (χ3n) is 2.87. The normalized spacial score (nSPS) is 12.5. The van der Waals surface area contributed by atoms with E-state index in [0.717, 1.165) is 11.6 Å². The Hall–Kier alpha value is -1.52. The molecule has 0 saturated carbocycles. The molecule has 19 heavy (non-hydrogen) atoms. The molecular weight excluding hydrogens is 275 g/mol. The predicted molar refractivity (Wildman–Crippen MR) is 68.5 cm³/mol. The molecule has 0 radical (unpaired) electrons. The average Bonchev–Trinajstić information content (AvgIpc) is 2.33. The van der Waals surface area contributed by atoms with Crippen molar-refractivity contribution in [1.82, 2.24) is 0 Å². The van der Waals surface area contributed by atoms with E-state index >= 15 is 0 Å². The largest absolute Gasteiger partial charge is 0.320 e. The molecule has 0 bridgehead atoms. The van der Waals surface area contributed by atoms with Crippen LogP contribution in [0.1, 0.15) is 22.7 Å². The summed E-state index contributed by atoms with van der Waals surface area (Å²) in [7, 11) is 0. The minimum atomic E-state index is -1.25. The summed E-state index contributed by atoms with van der Waals surface area (Å²) in [6, 6.07) is 5.36. The second-order valence-corrected chi connectivity index (χ2v) is 4.70. The summed E-state index contributed by atoms with van der Waals surface area (Å²) in [6.07, 6.45) is 0. The van der Waals surface area contributed by atoms with Crippen LogP contribution in [0.4, 0.5) is 13.2 Å². The summed E-state index contributed by atoms with van der Waals surface area (Å²) >= 11 is 6.03. The van der Waals surface area contributed by atoms with Crippen molar-refractivity contribution in [2.75, 3.05) is 0 Å². The van der Waals surface area contributed by atoms with E-state index in [9.17, 15) is 13.2 Å². The van der Waals surface area contributed by atoms with Crippen molar-refractivity contribution in [2.45, 2.75) is 13.0 Å². The van der Waals surface area contributed by atoms with Crippen LogP contribution < -0.4 is 5.73 Å². The van der Waals surface area contributed by atoms with Gasteiger partial charge >= 0.3 is 0 Å². The molecule has 0 aliphatic rings. The van der Waals surface area contributed by atoms with Crippen LogP contribution in [-0.2, 0) is 0 Å². The van der Waals surface area contributed by atoms with Gasteiger partial charge in [-0.2, -0.15) is 0 Å². The van der Waals surface area contributed by atoms with Crippen molar-refractivity contribution in [3.8, 4) is 0 Å². The second-order valence-electron chi connectivity index (χ2n) is 4.29. The zero-order valence-corrected chi connectivity index (χ0v) is 10.8. The van der Waals surface area contributed by atoms with Crippen LogP contribution in [-0.4, -0.2) is 0 Å². The van der Waals surface area contributed by atoms with Gasteiger partial charge < -0.3 is 5.73 Å². The molecule has 1 unspecified atom stereocenters. The zero-order valence-electron chi connectivity index (χ0n) is 10.1. The number of hydrogen-bond acceptors (Lipinski definition) is 1. The molecule has 0 spiro atoms. The second kappa shape index (κ2) is 5.23. The Kier molecular flexibility index (Phi) is 3.83. The van der Waals surface area contributed by atoms with Crippen molar-refractivity contribution < 1.29 is 13.2 Å². The third kappa shape index (κ3) is 2.74.